The number of carbonyl (C=O) groups is 1. The lowest BCUT2D eigenvalue weighted by atomic mass is 10.1. The number of amides is 1. The number of nitrogens with two attached hydrogens (primary N) is 1. The maximum Gasteiger partial charge on any atom is 0.275 e. The summed E-state index contributed by atoms with van der Waals surface area (Å²) in [5, 5.41) is 26.0. The van der Waals surface area contributed by atoms with Crippen LogP contribution in [0.5, 0.6) is 0 Å². The molecule has 0 aliphatic heterocycles. The Labute approximate surface area is 143 Å². The molecular weight excluding hydrogens is 410 g/mol. The van der Waals surface area contributed by atoms with E-state index in [1.54, 1.807) is 18.2 Å². The van der Waals surface area contributed by atoms with E-state index in [0.717, 1.165) is 10.0 Å². The highest BCUT2D eigenvalue weighted by Crippen LogP contribution is 2.19. The fourth-order valence-electron chi connectivity index (χ4n) is 1.55. The van der Waals surface area contributed by atoms with Crippen LogP contribution in [0, 0.1) is 0 Å². The fraction of sp³-hybridized carbons (Fsp3) is 0.0909. The minimum absolute atomic E-state index is 0.0720. The summed E-state index contributed by atoms with van der Waals surface area (Å²) in [6.45, 7) is 0. The number of sulfonamides is 1. The minimum Gasteiger partial charge on any atom is -0.410 e. The third kappa shape index (κ3) is 4.79. The normalized spacial score (nSPS) is 12.2. The first kappa shape index (κ1) is 17.5. The van der Waals surface area contributed by atoms with E-state index in [4.69, 9.17) is 10.3 Å². The molecule has 12 heteroatoms. The zero-order chi connectivity index (χ0) is 17.0. The van der Waals surface area contributed by atoms with E-state index in [2.05, 4.69) is 36.6 Å². The summed E-state index contributed by atoms with van der Waals surface area (Å²) >= 11 is 3.89. The number of rotatable bonds is 5. The predicted molar refractivity (Wildman–Crippen MR) is 87.0 cm³/mol. The molecule has 122 valence electrons. The molecule has 2 rings (SSSR count). The zero-order valence-electron chi connectivity index (χ0n) is 11.3. The quantitative estimate of drug-likeness (QED) is 0.284. The molecule has 0 saturated carbocycles. The van der Waals surface area contributed by atoms with E-state index in [1.165, 1.54) is 0 Å². The number of oxime groups is 1. The standard InChI is InChI=1S/C11H10BrN5O4S2/c12-7-3-1-2-6(4-7)5-8(17-19)9(18)14-10-15-16-11(22-10)23(13,20)21/h1-4,19H,5H2,(H2,13,20,21)(H,14,15,18)/b17-8+. The molecule has 4 N–H and O–H groups in total. The van der Waals surface area contributed by atoms with Crippen molar-refractivity contribution < 1.29 is 18.4 Å². The second-order valence-electron chi connectivity index (χ2n) is 4.23. The molecule has 0 bridgehead atoms. The van der Waals surface area contributed by atoms with Gasteiger partial charge in [-0.25, -0.2) is 13.6 Å². The maximum absolute atomic E-state index is 12.0. The highest BCUT2D eigenvalue weighted by molar-refractivity contribution is 9.10. The van der Waals surface area contributed by atoms with Crippen molar-refractivity contribution in [3.8, 4) is 0 Å². The van der Waals surface area contributed by atoms with Crippen molar-refractivity contribution in [1.82, 2.24) is 10.2 Å². The van der Waals surface area contributed by atoms with E-state index in [-0.39, 0.29) is 17.3 Å². The van der Waals surface area contributed by atoms with Gasteiger partial charge >= 0.3 is 0 Å². The van der Waals surface area contributed by atoms with Gasteiger partial charge in [-0.3, -0.25) is 10.1 Å². The van der Waals surface area contributed by atoms with Crippen LogP contribution in [0.3, 0.4) is 0 Å². The minimum atomic E-state index is -3.99. The number of aromatic nitrogens is 2. The van der Waals surface area contributed by atoms with Gasteiger partial charge in [-0.1, -0.05) is 44.6 Å². The van der Waals surface area contributed by atoms with Crippen LogP contribution in [0.15, 0.2) is 38.2 Å². The lowest BCUT2D eigenvalue weighted by molar-refractivity contribution is -0.110. The molecule has 1 aromatic heterocycles. The number of hydrogen-bond acceptors (Lipinski definition) is 8. The van der Waals surface area contributed by atoms with Gasteiger partial charge in [-0.2, -0.15) is 0 Å². The van der Waals surface area contributed by atoms with Crippen LogP contribution in [-0.2, 0) is 21.2 Å². The Morgan fingerprint density at radius 1 is 1.43 bits per heavy atom. The summed E-state index contributed by atoms with van der Waals surface area (Å²) in [7, 11) is -3.99. The van der Waals surface area contributed by atoms with Gasteiger partial charge in [0.05, 0.1) is 0 Å². The number of halogens is 1. The van der Waals surface area contributed by atoms with Gasteiger partial charge in [0.15, 0.2) is 0 Å². The number of nitrogens with zero attached hydrogens (tertiary/aromatic N) is 3. The molecule has 0 spiro atoms. The van der Waals surface area contributed by atoms with Crippen LogP contribution in [-0.4, -0.2) is 35.4 Å². The van der Waals surface area contributed by atoms with E-state index in [9.17, 15) is 13.2 Å². The molecule has 1 amide bonds. The lowest BCUT2D eigenvalue weighted by Crippen LogP contribution is -2.24. The van der Waals surface area contributed by atoms with Crippen molar-refractivity contribution in [2.45, 2.75) is 10.8 Å². The number of nitrogens with one attached hydrogen (secondary N) is 1. The Morgan fingerprint density at radius 3 is 2.74 bits per heavy atom. The predicted octanol–water partition coefficient (Wildman–Crippen LogP) is 0.959. The van der Waals surface area contributed by atoms with Crippen LogP contribution in [0.1, 0.15) is 5.56 Å². The summed E-state index contributed by atoms with van der Waals surface area (Å²) < 4.78 is 22.6. The van der Waals surface area contributed by atoms with Crippen molar-refractivity contribution in [2.75, 3.05) is 5.32 Å². The largest absolute Gasteiger partial charge is 0.410 e. The Kier molecular flexibility index (Phi) is 5.41. The summed E-state index contributed by atoms with van der Waals surface area (Å²) in [6.07, 6.45) is 0.0720. The topological polar surface area (TPSA) is 148 Å². The summed E-state index contributed by atoms with van der Waals surface area (Å²) in [4.78, 5) is 12.0. The number of carbonyl (C=O) groups excluding carboxylic acids is 1. The van der Waals surface area contributed by atoms with E-state index >= 15 is 0 Å². The average molecular weight is 420 g/mol. The highest BCUT2D eigenvalue weighted by Gasteiger charge is 2.19. The first-order valence-electron chi connectivity index (χ1n) is 5.92. The Hall–Kier alpha value is -1.89. The first-order valence-corrected chi connectivity index (χ1v) is 9.08. The van der Waals surface area contributed by atoms with Crippen LogP contribution < -0.4 is 10.5 Å². The summed E-state index contributed by atoms with van der Waals surface area (Å²) in [6, 6.07) is 7.11. The fourth-order valence-corrected chi connectivity index (χ4v) is 3.32. The van der Waals surface area contributed by atoms with Crippen LogP contribution in [0.4, 0.5) is 5.13 Å². The number of benzene rings is 1. The van der Waals surface area contributed by atoms with Gasteiger partial charge in [0.1, 0.15) is 5.71 Å². The molecular formula is C11H10BrN5O4S2. The molecule has 0 unspecified atom stereocenters. The molecule has 0 saturated heterocycles. The molecule has 0 radical (unpaired) electrons. The average Bonchev–Trinajstić information content (AvgIpc) is 2.93. The second kappa shape index (κ2) is 7.12. The molecule has 0 aliphatic rings. The Morgan fingerprint density at radius 2 is 2.17 bits per heavy atom. The van der Waals surface area contributed by atoms with E-state index < -0.39 is 20.3 Å². The third-order valence-corrected chi connectivity index (χ3v) is 5.16. The smallest absolute Gasteiger partial charge is 0.275 e. The Balaban J connectivity index is 2.10. The van der Waals surface area contributed by atoms with Crippen LogP contribution >= 0.6 is 27.3 Å². The molecule has 9 nitrogen and oxygen atoms in total. The molecule has 23 heavy (non-hydrogen) atoms. The lowest BCUT2D eigenvalue weighted by Gasteiger charge is -2.04. The van der Waals surface area contributed by atoms with Gasteiger partial charge in [0.25, 0.3) is 15.9 Å². The molecule has 1 heterocycles. The van der Waals surface area contributed by atoms with Gasteiger partial charge in [-0.05, 0) is 17.7 Å². The van der Waals surface area contributed by atoms with Gasteiger partial charge in [0.2, 0.25) is 9.47 Å². The van der Waals surface area contributed by atoms with Crippen molar-refractivity contribution in [3.63, 3.8) is 0 Å². The van der Waals surface area contributed by atoms with Crippen molar-refractivity contribution in [1.29, 1.82) is 0 Å². The summed E-state index contributed by atoms with van der Waals surface area (Å²) in [5.74, 6) is -0.732. The summed E-state index contributed by atoms with van der Waals surface area (Å²) in [5.41, 5.74) is 0.570. The third-order valence-electron chi connectivity index (χ3n) is 2.51. The molecule has 1 aromatic carbocycles. The monoisotopic (exact) mass is 419 g/mol. The first-order chi connectivity index (χ1) is 10.8. The van der Waals surface area contributed by atoms with Gasteiger partial charge in [0, 0.05) is 10.9 Å². The number of hydrogen-bond donors (Lipinski definition) is 3. The number of primary sulfonamides is 1. The van der Waals surface area contributed by atoms with Crippen LogP contribution in [0.2, 0.25) is 0 Å². The number of anilines is 1. The van der Waals surface area contributed by atoms with Crippen molar-refractivity contribution in [3.05, 3.63) is 34.3 Å². The van der Waals surface area contributed by atoms with E-state index in [0.29, 0.717) is 11.3 Å². The molecule has 2 aromatic rings. The SMILES string of the molecule is NS(=O)(=O)c1nnc(NC(=O)/C(Cc2cccc(Br)c2)=N/O)s1. The van der Waals surface area contributed by atoms with E-state index in [1.807, 2.05) is 6.07 Å². The molecule has 0 aliphatic carbocycles. The molecule has 0 atom stereocenters. The van der Waals surface area contributed by atoms with Gasteiger partial charge in [-0.15, -0.1) is 10.2 Å². The van der Waals surface area contributed by atoms with Crippen molar-refractivity contribution >= 4 is 54.0 Å². The zero-order valence-corrected chi connectivity index (χ0v) is 14.5. The van der Waals surface area contributed by atoms with Crippen LogP contribution in [0.25, 0.3) is 0 Å². The second-order valence-corrected chi connectivity index (χ2v) is 7.85. The highest BCUT2D eigenvalue weighted by atomic mass is 79.9. The Bertz CT molecular complexity index is 865. The molecule has 0 fully saturated rings. The maximum atomic E-state index is 12.0. The van der Waals surface area contributed by atoms with Gasteiger partial charge < -0.3 is 5.21 Å². The van der Waals surface area contributed by atoms with Crippen molar-refractivity contribution in [2.24, 2.45) is 10.3 Å².